The van der Waals surface area contributed by atoms with Gasteiger partial charge in [-0.2, -0.15) is 0 Å². The van der Waals surface area contributed by atoms with Gasteiger partial charge in [0.1, 0.15) is 0 Å². The van der Waals surface area contributed by atoms with E-state index in [2.05, 4.69) is 13.8 Å². The van der Waals surface area contributed by atoms with Crippen LogP contribution in [0.3, 0.4) is 0 Å². The molecule has 1 aliphatic rings. The molecule has 8 heavy (non-hydrogen) atoms. The fourth-order valence-electron chi connectivity index (χ4n) is 0.848. The smallest absolute Gasteiger partial charge is 0.198 e. The van der Waals surface area contributed by atoms with Gasteiger partial charge in [-0.1, -0.05) is 13.8 Å². The van der Waals surface area contributed by atoms with Crippen LogP contribution >= 0.6 is 0 Å². The van der Waals surface area contributed by atoms with Crippen molar-refractivity contribution in [2.24, 2.45) is 0 Å². The maximum Gasteiger partial charge on any atom is 0.198 e. The molecule has 0 saturated carbocycles. The first kappa shape index (κ1) is 6.05. The average molecular weight is 114 g/mol. The molecule has 2 heteroatoms. The third-order valence-corrected chi connectivity index (χ3v) is 1.53. The second-order valence-electron chi connectivity index (χ2n) is 2.04. The Hall–Kier alpha value is -0.0800. The molecule has 0 spiro atoms. The van der Waals surface area contributed by atoms with Gasteiger partial charge in [0.15, 0.2) is 6.73 Å². The van der Waals surface area contributed by atoms with Crippen molar-refractivity contribution in [3.05, 3.63) is 6.73 Å². The van der Waals surface area contributed by atoms with Gasteiger partial charge in [-0.15, -0.1) is 5.06 Å². The summed E-state index contributed by atoms with van der Waals surface area (Å²) in [5.41, 5.74) is 0. The van der Waals surface area contributed by atoms with Gasteiger partial charge in [0.2, 0.25) is 0 Å². The van der Waals surface area contributed by atoms with E-state index in [-0.39, 0.29) is 0 Å². The molecule has 1 fully saturated rings. The Labute approximate surface area is 50.4 Å². The molecule has 1 atom stereocenters. The highest BCUT2D eigenvalue weighted by Gasteiger charge is 2.27. The number of hydrogen-bond donors (Lipinski definition) is 0. The molecule has 1 saturated heterocycles. The van der Waals surface area contributed by atoms with Gasteiger partial charge in [0.25, 0.3) is 0 Å². The van der Waals surface area contributed by atoms with E-state index in [1.807, 2.05) is 5.06 Å². The van der Waals surface area contributed by atoms with Crippen molar-refractivity contribution < 1.29 is 4.84 Å². The van der Waals surface area contributed by atoms with Crippen molar-refractivity contribution >= 4 is 0 Å². The van der Waals surface area contributed by atoms with Crippen LogP contribution in [0.2, 0.25) is 0 Å². The topological polar surface area (TPSA) is 15.5 Å². The molecule has 47 valence electrons. The normalized spacial score (nSPS) is 26.6. The Morgan fingerprint density at radius 3 is 2.12 bits per heavy atom. The molecule has 0 amide bonds. The summed E-state index contributed by atoms with van der Waals surface area (Å²) < 4.78 is 0. The van der Waals surface area contributed by atoms with Crippen LogP contribution in [-0.4, -0.2) is 11.1 Å². The van der Waals surface area contributed by atoms with Crippen molar-refractivity contribution in [2.75, 3.05) is 0 Å². The zero-order valence-corrected chi connectivity index (χ0v) is 5.42. The minimum Gasteiger partial charge on any atom is -0.270 e. The lowest BCUT2D eigenvalue weighted by Crippen LogP contribution is -2.14. The molecular weight excluding hydrogens is 102 g/mol. The standard InChI is InChI=1S/C6H12NO/c1-3-6(4-2)7-5-8-7/h5-6H,3-4H2,1-2H3. The Morgan fingerprint density at radius 1 is 1.50 bits per heavy atom. The lowest BCUT2D eigenvalue weighted by atomic mass is 10.2. The van der Waals surface area contributed by atoms with E-state index in [1.54, 1.807) is 6.73 Å². The lowest BCUT2D eigenvalue weighted by Gasteiger charge is -2.07. The quantitative estimate of drug-likeness (QED) is 0.517. The van der Waals surface area contributed by atoms with Crippen molar-refractivity contribution in [1.29, 1.82) is 0 Å². The van der Waals surface area contributed by atoms with Crippen LogP contribution in [-0.2, 0) is 4.84 Å². The molecular formula is C6H12NO. The largest absolute Gasteiger partial charge is 0.270 e. The first-order valence-corrected chi connectivity index (χ1v) is 3.17. The number of rotatable bonds is 3. The molecule has 1 radical (unpaired) electrons. The predicted octanol–water partition coefficient (Wildman–Crippen LogP) is 1.54. The van der Waals surface area contributed by atoms with Crippen molar-refractivity contribution in [1.82, 2.24) is 5.06 Å². The van der Waals surface area contributed by atoms with E-state index < -0.39 is 0 Å². The molecule has 2 nitrogen and oxygen atoms in total. The first-order chi connectivity index (χ1) is 3.88. The summed E-state index contributed by atoms with van der Waals surface area (Å²) in [6.45, 7) is 6.10. The van der Waals surface area contributed by atoms with E-state index in [4.69, 9.17) is 4.84 Å². The fourth-order valence-corrected chi connectivity index (χ4v) is 0.848. The zero-order valence-electron chi connectivity index (χ0n) is 5.42. The van der Waals surface area contributed by atoms with Crippen LogP contribution in [0.5, 0.6) is 0 Å². The van der Waals surface area contributed by atoms with E-state index in [0.29, 0.717) is 6.04 Å². The maximum atomic E-state index is 4.86. The van der Waals surface area contributed by atoms with Gasteiger partial charge in [-0.3, -0.25) is 4.84 Å². The minimum absolute atomic E-state index is 0.620. The number of hydrogen-bond acceptors (Lipinski definition) is 2. The minimum atomic E-state index is 0.620. The molecule has 1 aliphatic heterocycles. The molecule has 0 aromatic carbocycles. The Bertz CT molecular complexity index is 66.9. The van der Waals surface area contributed by atoms with Crippen molar-refractivity contribution in [3.63, 3.8) is 0 Å². The van der Waals surface area contributed by atoms with Gasteiger partial charge >= 0.3 is 0 Å². The summed E-state index contributed by atoms with van der Waals surface area (Å²) in [4.78, 5) is 4.86. The first-order valence-electron chi connectivity index (χ1n) is 3.17. The van der Waals surface area contributed by atoms with Crippen molar-refractivity contribution in [2.45, 2.75) is 32.7 Å². The predicted molar refractivity (Wildman–Crippen MR) is 31.6 cm³/mol. The van der Waals surface area contributed by atoms with Crippen LogP contribution in [0.25, 0.3) is 0 Å². The van der Waals surface area contributed by atoms with E-state index in [0.717, 1.165) is 0 Å². The molecule has 0 N–H and O–H groups in total. The number of nitrogens with zero attached hydrogens (tertiary/aromatic N) is 1. The summed E-state index contributed by atoms with van der Waals surface area (Å²) in [6, 6.07) is 0.620. The highest BCUT2D eigenvalue weighted by atomic mass is 16.8. The van der Waals surface area contributed by atoms with Crippen LogP contribution in [0, 0.1) is 6.73 Å². The summed E-state index contributed by atoms with van der Waals surface area (Å²) in [5, 5.41) is 1.90. The molecule has 0 bridgehead atoms. The lowest BCUT2D eigenvalue weighted by molar-refractivity contribution is 0.140. The average Bonchev–Trinajstić information content (AvgIpc) is 2.53. The summed E-state index contributed by atoms with van der Waals surface area (Å²) >= 11 is 0. The molecule has 0 aromatic heterocycles. The van der Waals surface area contributed by atoms with E-state index in [1.165, 1.54) is 12.8 Å². The third-order valence-electron chi connectivity index (χ3n) is 1.53. The van der Waals surface area contributed by atoms with E-state index >= 15 is 0 Å². The molecule has 1 unspecified atom stereocenters. The Balaban J connectivity index is 2.15. The van der Waals surface area contributed by atoms with E-state index in [9.17, 15) is 0 Å². The maximum absolute atomic E-state index is 4.86. The van der Waals surface area contributed by atoms with Crippen molar-refractivity contribution in [3.8, 4) is 0 Å². The zero-order chi connectivity index (χ0) is 5.98. The van der Waals surface area contributed by atoms with Crippen LogP contribution in [0.1, 0.15) is 26.7 Å². The molecule has 0 aliphatic carbocycles. The Morgan fingerprint density at radius 2 is 2.00 bits per heavy atom. The number of hydroxylamine groups is 2. The molecule has 1 rings (SSSR count). The highest BCUT2D eigenvalue weighted by molar-refractivity contribution is 4.71. The highest BCUT2D eigenvalue weighted by Crippen LogP contribution is 2.21. The van der Waals surface area contributed by atoms with Crippen LogP contribution in [0.15, 0.2) is 0 Å². The monoisotopic (exact) mass is 114 g/mol. The summed E-state index contributed by atoms with van der Waals surface area (Å²) in [6.07, 6.45) is 2.35. The van der Waals surface area contributed by atoms with Gasteiger partial charge in [-0.05, 0) is 12.8 Å². The summed E-state index contributed by atoms with van der Waals surface area (Å²) in [7, 11) is 0. The molecule has 1 heterocycles. The van der Waals surface area contributed by atoms with Gasteiger partial charge in [0, 0.05) is 6.04 Å². The van der Waals surface area contributed by atoms with Gasteiger partial charge in [0.05, 0.1) is 0 Å². The second-order valence-corrected chi connectivity index (χ2v) is 2.04. The van der Waals surface area contributed by atoms with Crippen LogP contribution < -0.4 is 0 Å². The third kappa shape index (κ3) is 1.20. The Kier molecular flexibility index (Phi) is 1.86. The van der Waals surface area contributed by atoms with Gasteiger partial charge in [-0.25, -0.2) is 0 Å². The van der Waals surface area contributed by atoms with Gasteiger partial charge < -0.3 is 0 Å². The second kappa shape index (κ2) is 2.46. The molecule has 0 aromatic rings. The van der Waals surface area contributed by atoms with Crippen LogP contribution in [0.4, 0.5) is 0 Å². The SMILES string of the molecule is CCC(CC)N1[CH]O1. The fraction of sp³-hybridized carbons (Fsp3) is 0.833. The summed E-state index contributed by atoms with van der Waals surface area (Å²) in [5.74, 6) is 0.